The van der Waals surface area contributed by atoms with Crippen LogP contribution in [0, 0.1) is 17.0 Å². The van der Waals surface area contributed by atoms with Gasteiger partial charge in [-0.1, -0.05) is 6.07 Å². The highest BCUT2D eigenvalue weighted by Gasteiger charge is 2.09. The van der Waals surface area contributed by atoms with E-state index in [1.807, 2.05) is 19.1 Å². The molecule has 0 radical (unpaired) electrons. The van der Waals surface area contributed by atoms with Crippen LogP contribution in [0.1, 0.15) is 5.56 Å². The Labute approximate surface area is 113 Å². The number of aryl methyl sites for hydroxylation is 1. The highest BCUT2D eigenvalue weighted by molar-refractivity contribution is 7.21. The Morgan fingerprint density at radius 3 is 2.58 bits per heavy atom. The summed E-state index contributed by atoms with van der Waals surface area (Å²) in [5, 5.41) is 11.5. The topological polar surface area (TPSA) is 56.0 Å². The number of nitrogens with zero attached hydrogens (tertiary/aromatic N) is 2. The summed E-state index contributed by atoms with van der Waals surface area (Å²) in [6, 6.07) is 12.6. The standard InChI is InChI=1S/C14H10N2O2S/c1-9-2-7-12-13(8-9)19-14(15-12)10-3-5-11(6-4-10)16(17)18/h2-8H,1H3. The fourth-order valence-electron chi connectivity index (χ4n) is 1.88. The summed E-state index contributed by atoms with van der Waals surface area (Å²) in [5.41, 5.74) is 3.17. The van der Waals surface area contributed by atoms with Gasteiger partial charge in [-0.2, -0.15) is 0 Å². The highest BCUT2D eigenvalue weighted by Crippen LogP contribution is 2.31. The normalized spacial score (nSPS) is 10.8. The summed E-state index contributed by atoms with van der Waals surface area (Å²) < 4.78 is 1.13. The third kappa shape index (κ3) is 2.20. The first-order valence-corrected chi connectivity index (χ1v) is 6.57. The van der Waals surface area contributed by atoms with Gasteiger partial charge in [0.1, 0.15) is 5.01 Å². The molecule has 4 nitrogen and oxygen atoms in total. The zero-order valence-corrected chi connectivity index (χ0v) is 11.0. The van der Waals surface area contributed by atoms with Gasteiger partial charge in [-0.15, -0.1) is 11.3 Å². The van der Waals surface area contributed by atoms with Crippen LogP contribution >= 0.6 is 11.3 Å². The van der Waals surface area contributed by atoms with E-state index in [-0.39, 0.29) is 5.69 Å². The molecule has 0 saturated carbocycles. The molecule has 3 aromatic rings. The maximum Gasteiger partial charge on any atom is 0.269 e. The van der Waals surface area contributed by atoms with Crippen LogP contribution in [0.3, 0.4) is 0 Å². The number of rotatable bonds is 2. The minimum atomic E-state index is -0.397. The Bertz CT molecular complexity index is 763. The molecule has 5 heteroatoms. The molecule has 3 rings (SSSR count). The number of fused-ring (bicyclic) bond motifs is 1. The molecule has 0 aliphatic carbocycles. The Hall–Kier alpha value is -2.27. The number of benzene rings is 2. The van der Waals surface area contributed by atoms with Gasteiger partial charge in [-0.05, 0) is 36.8 Å². The van der Waals surface area contributed by atoms with Crippen LogP contribution in [0.15, 0.2) is 42.5 Å². The first-order valence-electron chi connectivity index (χ1n) is 5.75. The van der Waals surface area contributed by atoms with Crippen molar-refractivity contribution in [3.63, 3.8) is 0 Å². The third-order valence-electron chi connectivity index (χ3n) is 2.87. The molecule has 0 atom stereocenters. The van der Waals surface area contributed by atoms with Gasteiger partial charge >= 0.3 is 0 Å². The lowest BCUT2D eigenvalue weighted by atomic mass is 10.2. The smallest absolute Gasteiger partial charge is 0.258 e. The summed E-state index contributed by atoms with van der Waals surface area (Å²) in [6.07, 6.45) is 0. The van der Waals surface area contributed by atoms with Crippen LogP contribution in [0.4, 0.5) is 5.69 Å². The predicted octanol–water partition coefficient (Wildman–Crippen LogP) is 4.18. The fourth-order valence-corrected chi connectivity index (χ4v) is 2.95. The van der Waals surface area contributed by atoms with Crippen molar-refractivity contribution in [3.05, 3.63) is 58.1 Å². The summed E-state index contributed by atoms with van der Waals surface area (Å²) in [5.74, 6) is 0. The van der Waals surface area contributed by atoms with Crippen LogP contribution in [0.5, 0.6) is 0 Å². The number of nitro groups is 1. The first-order chi connectivity index (χ1) is 9.13. The highest BCUT2D eigenvalue weighted by atomic mass is 32.1. The molecule has 1 heterocycles. The molecule has 0 unspecified atom stereocenters. The molecule has 19 heavy (non-hydrogen) atoms. The SMILES string of the molecule is Cc1ccc2nc(-c3ccc([N+](=O)[O-])cc3)sc2c1. The quantitative estimate of drug-likeness (QED) is 0.518. The van der Waals surface area contributed by atoms with E-state index >= 15 is 0 Å². The second-order valence-electron chi connectivity index (χ2n) is 4.29. The van der Waals surface area contributed by atoms with Crippen molar-refractivity contribution in [2.75, 3.05) is 0 Å². The molecular formula is C14H10N2O2S. The average Bonchev–Trinajstić information content (AvgIpc) is 2.81. The van der Waals surface area contributed by atoms with E-state index in [9.17, 15) is 10.1 Å². The second-order valence-corrected chi connectivity index (χ2v) is 5.32. The van der Waals surface area contributed by atoms with Crippen LogP contribution in [-0.4, -0.2) is 9.91 Å². The largest absolute Gasteiger partial charge is 0.269 e. The van der Waals surface area contributed by atoms with E-state index in [2.05, 4.69) is 11.1 Å². The molecule has 0 bridgehead atoms. The van der Waals surface area contributed by atoms with Crippen LogP contribution in [-0.2, 0) is 0 Å². The minimum absolute atomic E-state index is 0.0979. The summed E-state index contributed by atoms with van der Waals surface area (Å²) in [6.45, 7) is 2.05. The van der Waals surface area contributed by atoms with Crippen molar-refractivity contribution < 1.29 is 4.92 Å². The van der Waals surface area contributed by atoms with Gasteiger partial charge in [0.2, 0.25) is 0 Å². The van der Waals surface area contributed by atoms with Gasteiger partial charge in [0.15, 0.2) is 0 Å². The number of hydrogen-bond donors (Lipinski definition) is 0. The number of thiazole rings is 1. The van der Waals surface area contributed by atoms with Gasteiger partial charge < -0.3 is 0 Å². The van der Waals surface area contributed by atoms with E-state index in [4.69, 9.17) is 0 Å². The maximum absolute atomic E-state index is 10.6. The zero-order valence-electron chi connectivity index (χ0n) is 10.2. The number of hydrogen-bond acceptors (Lipinski definition) is 4. The summed E-state index contributed by atoms with van der Waals surface area (Å²) in [7, 11) is 0. The molecule has 0 spiro atoms. The molecule has 0 saturated heterocycles. The maximum atomic E-state index is 10.6. The second kappa shape index (κ2) is 4.44. The first kappa shape index (κ1) is 11.8. The molecular weight excluding hydrogens is 260 g/mol. The number of nitro benzene ring substituents is 1. The lowest BCUT2D eigenvalue weighted by Crippen LogP contribution is -1.86. The minimum Gasteiger partial charge on any atom is -0.258 e. The van der Waals surface area contributed by atoms with Crippen LogP contribution in [0.25, 0.3) is 20.8 Å². The molecule has 0 amide bonds. The van der Waals surface area contributed by atoms with Gasteiger partial charge in [0.25, 0.3) is 5.69 Å². The van der Waals surface area contributed by atoms with Gasteiger partial charge in [-0.25, -0.2) is 4.98 Å². The van der Waals surface area contributed by atoms with Crippen molar-refractivity contribution in [1.29, 1.82) is 0 Å². The van der Waals surface area contributed by atoms with Crippen molar-refractivity contribution in [3.8, 4) is 10.6 Å². The van der Waals surface area contributed by atoms with Gasteiger partial charge in [0, 0.05) is 17.7 Å². The number of aromatic nitrogens is 1. The Morgan fingerprint density at radius 1 is 1.16 bits per heavy atom. The Kier molecular flexibility index (Phi) is 2.76. The molecule has 0 N–H and O–H groups in total. The molecule has 0 aliphatic rings. The zero-order chi connectivity index (χ0) is 13.4. The fraction of sp³-hybridized carbons (Fsp3) is 0.0714. The van der Waals surface area contributed by atoms with Gasteiger partial charge in [0.05, 0.1) is 15.1 Å². The van der Waals surface area contributed by atoms with Crippen molar-refractivity contribution in [1.82, 2.24) is 4.98 Å². The molecule has 2 aromatic carbocycles. The average molecular weight is 270 g/mol. The Balaban J connectivity index is 2.06. The molecule has 94 valence electrons. The predicted molar refractivity (Wildman–Crippen MR) is 76.4 cm³/mol. The van der Waals surface area contributed by atoms with E-state index in [0.717, 1.165) is 20.8 Å². The van der Waals surface area contributed by atoms with Crippen LogP contribution < -0.4 is 0 Å². The molecule has 1 aromatic heterocycles. The Morgan fingerprint density at radius 2 is 1.89 bits per heavy atom. The summed E-state index contributed by atoms with van der Waals surface area (Å²) >= 11 is 1.60. The van der Waals surface area contributed by atoms with Crippen molar-refractivity contribution in [2.45, 2.75) is 6.92 Å². The van der Waals surface area contributed by atoms with E-state index < -0.39 is 4.92 Å². The molecule has 0 aliphatic heterocycles. The van der Waals surface area contributed by atoms with E-state index in [0.29, 0.717) is 0 Å². The summed E-state index contributed by atoms with van der Waals surface area (Å²) in [4.78, 5) is 14.8. The third-order valence-corrected chi connectivity index (χ3v) is 3.94. The number of non-ortho nitro benzene ring substituents is 1. The van der Waals surface area contributed by atoms with E-state index in [1.165, 1.54) is 17.7 Å². The lowest BCUT2D eigenvalue weighted by molar-refractivity contribution is -0.384. The lowest BCUT2D eigenvalue weighted by Gasteiger charge is -1.95. The van der Waals surface area contributed by atoms with Crippen molar-refractivity contribution >= 4 is 27.2 Å². The van der Waals surface area contributed by atoms with Crippen LogP contribution in [0.2, 0.25) is 0 Å². The molecule has 0 fully saturated rings. The van der Waals surface area contributed by atoms with Crippen molar-refractivity contribution in [2.24, 2.45) is 0 Å². The van der Waals surface area contributed by atoms with Gasteiger partial charge in [-0.3, -0.25) is 10.1 Å². The van der Waals surface area contributed by atoms with E-state index in [1.54, 1.807) is 23.5 Å². The monoisotopic (exact) mass is 270 g/mol.